The second-order valence-corrected chi connectivity index (χ2v) is 9.16. The van der Waals surface area contributed by atoms with E-state index in [0.717, 1.165) is 22.8 Å². The Morgan fingerprint density at radius 2 is 2.12 bits per heavy atom. The lowest BCUT2D eigenvalue weighted by Crippen LogP contribution is -2.08. The van der Waals surface area contributed by atoms with Gasteiger partial charge in [-0.1, -0.05) is 24.9 Å². The summed E-state index contributed by atoms with van der Waals surface area (Å²) >= 11 is 0. The van der Waals surface area contributed by atoms with Gasteiger partial charge in [-0.15, -0.1) is 0 Å². The van der Waals surface area contributed by atoms with E-state index in [9.17, 15) is 4.79 Å². The second-order valence-electron chi connectivity index (χ2n) is 9.16. The van der Waals surface area contributed by atoms with Crippen LogP contribution >= 0.6 is 0 Å². The van der Waals surface area contributed by atoms with Crippen LogP contribution in [-0.2, 0) is 11.8 Å². The molecule has 1 saturated carbocycles. The molecule has 0 aromatic carbocycles. The molecule has 3 aromatic rings. The van der Waals surface area contributed by atoms with Crippen LogP contribution in [0.5, 0.6) is 0 Å². The number of nitrogens with zero attached hydrogens (tertiary/aromatic N) is 5. The van der Waals surface area contributed by atoms with Crippen LogP contribution in [0.2, 0.25) is 0 Å². The highest BCUT2D eigenvalue weighted by Crippen LogP contribution is 2.47. The molecule has 34 heavy (non-hydrogen) atoms. The molecular formula is C26H25N5O3. The first-order chi connectivity index (χ1) is 16.4. The van der Waals surface area contributed by atoms with E-state index in [2.05, 4.69) is 40.0 Å². The van der Waals surface area contributed by atoms with Crippen molar-refractivity contribution in [2.75, 3.05) is 6.61 Å². The van der Waals surface area contributed by atoms with Crippen molar-refractivity contribution in [2.24, 2.45) is 4.99 Å². The van der Waals surface area contributed by atoms with Gasteiger partial charge in [0.05, 0.1) is 23.7 Å². The van der Waals surface area contributed by atoms with Gasteiger partial charge in [0, 0.05) is 48.4 Å². The number of aliphatic imine (C=N–C) groups is 1. The Balaban J connectivity index is 1.25. The van der Waals surface area contributed by atoms with E-state index in [1.54, 1.807) is 6.07 Å². The minimum Gasteiger partial charge on any atom is -0.395 e. The monoisotopic (exact) mass is 455 g/mol. The zero-order valence-corrected chi connectivity index (χ0v) is 19.2. The third-order valence-corrected chi connectivity index (χ3v) is 6.37. The highest BCUT2D eigenvalue weighted by Gasteiger charge is 2.41. The van der Waals surface area contributed by atoms with Crippen molar-refractivity contribution < 1.29 is 14.4 Å². The standard InChI is InChI=1S/C26H25N5O3/c1-16(11-23(33)22-12-17(27-15-28-22)5-3-4-10-32)24-14-21(31-34-24)20-13-19-18(29-20)6-7-25(30-19)26(2)8-9-26/h6-7,12,14-16,32H,4,8-11,13H2,1-2H3/t16-/m0/s1. The van der Waals surface area contributed by atoms with Gasteiger partial charge in [-0.3, -0.25) is 9.78 Å². The zero-order chi connectivity index (χ0) is 23.7. The molecule has 0 spiro atoms. The average Bonchev–Trinajstić information content (AvgIpc) is 3.25. The number of aliphatic hydroxyl groups is 1. The SMILES string of the molecule is C[C@@H](CC(=O)c1cc(C#CCCO)ncn1)c1cc(C2=Nc3ccc(C4(C)CC4)nc3C2)no1. The Kier molecular flexibility index (Phi) is 5.80. The van der Waals surface area contributed by atoms with Gasteiger partial charge < -0.3 is 9.63 Å². The van der Waals surface area contributed by atoms with E-state index < -0.39 is 0 Å². The fraction of sp³-hybridized carbons (Fsp3) is 0.385. The third kappa shape index (κ3) is 4.52. The summed E-state index contributed by atoms with van der Waals surface area (Å²) in [5.41, 5.74) is 5.49. The first kappa shape index (κ1) is 22.1. The number of hydrogen-bond donors (Lipinski definition) is 1. The summed E-state index contributed by atoms with van der Waals surface area (Å²) in [6.45, 7) is 4.15. The number of ketones is 1. The maximum absolute atomic E-state index is 12.8. The van der Waals surface area contributed by atoms with Gasteiger partial charge in [-0.2, -0.15) is 0 Å². The third-order valence-electron chi connectivity index (χ3n) is 6.37. The summed E-state index contributed by atoms with van der Waals surface area (Å²) in [6.07, 6.45) is 4.88. The summed E-state index contributed by atoms with van der Waals surface area (Å²) in [7, 11) is 0. The maximum Gasteiger partial charge on any atom is 0.182 e. The number of carbonyl (C=O) groups excluding carboxylic acids is 1. The minimum absolute atomic E-state index is 0.0178. The molecule has 1 N–H and O–H groups in total. The fourth-order valence-electron chi connectivity index (χ4n) is 3.92. The van der Waals surface area contributed by atoms with Crippen LogP contribution in [0.25, 0.3) is 0 Å². The molecule has 1 atom stereocenters. The van der Waals surface area contributed by atoms with Crippen molar-refractivity contribution in [3.63, 3.8) is 0 Å². The number of fused-ring (bicyclic) bond motifs is 1. The lowest BCUT2D eigenvalue weighted by molar-refractivity contribution is 0.0966. The first-order valence-corrected chi connectivity index (χ1v) is 11.4. The number of pyridine rings is 1. The van der Waals surface area contributed by atoms with Crippen LogP contribution in [0, 0.1) is 11.8 Å². The second kappa shape index (κ2) is 8.92. The Labute approximate surface area is 197 Å². The molecule has 0 bridgehead atoms. The number of Topliss-reactive ketones (excluding diaryl/α,β-unsaturated/α-hetero) is 1. The van der Waals surface area contributed by atoms with E-state index in [4.69, 9.17) is 19.6 Å². The van der Waals surface area contributed by atoms with E-state index >= 15 is 0 Å². The van der Waals surface area contributed by atoms with Crippen LogP contribution in [-0.4, -0.2) is 43.3 Å². The Bertz CT molecular complexity index is 1340. The van der Waals surface area contributed by atoms with Crippen molar-refractivity contribution in [3.05, 3.63) is 64.8 Å². The topological polar surface area (TPSA) is 114 Å². The van der Waals surface area contributed by atoms with E-state index in [-0.39, 0.29) is 30.1 Å². The number of hydrogen-bond acceptors (Lipinski definition) is 8. The van der Waals surface area contributed by atoms with Crippen molar-refractivity contribution in [2.45, 2.75) is 57.3 Å². The van der Waals surface area contributed by atoms with Crippen LogP contribution in [0.3, 0.4) is 0 Å². The summed E-state index contributed by atoms with van der Waals surface area (Å²) in [5.74, 6) is 5.92. The molecule has 0 unspecified atom stereocenters. The molecule has 5 rings (SSSR count). The van der Waals surface area contributed by atoms with Crippen molar-refractivity contribution >= 4 is 17.2 Å². The van der Waals surface area contributed by atoms with Crippen molar-refractivity contribution in [1.29, 1.82) is 0 Å². The number of carbonyl (C=O) groups is 1. The molecule has 8 nitrogen and oxygen atoms in total. The summed E-state index contributed by atoms with van der Waals surface area (Å²) < 4.78 is 5.57. The molecule has 1 fully saturated rings. The van der Waals surface area contributed by atoms with E-state index in [0.29, 0.717) is 35.7 Å². The molecule has 172 valence electrons. The largest absolute Gasteiger partial charge is 0.395 e. The molecule has 1 aliphatic heterocycles. The van der Waals surface area contributed by atoms with Crippen LogP contribution in [0.15, 0.2) is 40.1 Å². The average molecular weight is 456 g/mol. The molecule has 2 aliphatic rings. The smallest absolute Gasteiger partial charge is 0.182 e. The maximum atomic E-state index is 12.8. The first-order valence-electron chi connectivity index (χ1n) is 11.4. The zero-order valence-electron chi connectivity index (χ0n) is 19.2. The molecule has 8 heteroatoms. The normalized spacial score (nSPS) is 16.3. The summed E-state index contributed by atoms with van der Waals surface area (Å²) in [6, 6.07) is 7.55. The predicted molar refractivity (Wildman–Crippen MR) is 125 cm³/mol. The molecule has 4 heterocycles. The van der Waals surface area contributed by atoms with Crippen LogP contribution < -0.4 is 0 Å². The summed E-state index contributed by atoms with van der Waals surface area (Å²) in [5, 5.41) is 13.1. The van der Waals surface area contributed by atoms with Gasteiger partial charge >= 0.3 is 0 Å². The van der Waals surface area contributed by atoms with Gasteiger partial charge in [0.15, 0.2) is 5.78 Å². The van der Waals surface area contributed by atoms with Crippen LogP contribution in [0.4, 0.5) is 5.69 Å². The Morgan fingerprint density at radius 1 is 1.26 bits per heavy atom. The highest BCUT2D eigenvalue weighted by atomic mass is 16.5. The van der Waals surface area contributed by atoms with E-state index in [1.807, 2.05) is 19.1 Å². The molecule has 1 aliphatic carbocycles. The van der Waals surface area contributed by atoms with Gasteiger partial charge in [0.25, 0.3) is 0 Å². The Hall–Kier alpha value is -3.70. The van der Waals surface area contributed by atoms with Crippen molar-refractivity contribution in [3.8, 4) is 11.8 Å². The predicted octanol–water partition coefficient (Wildman–Crippen LogP) is 3.70. The lowest BCUT2D eigenvalue weighted by atomic mass is 9.99. The van der Waals surface area contributed by atoms with Crippen molar-refractivity contribution in [1.82, 2.24) is 20.1 Å². The number of aromatic nitrogens is 4. The fourth-order valence-corrected chi connectivity index (χ4v) is 3.92. The highest BCUT2D eigenvalue weighted by molar-refractivity contribution is 6.04. The molecular weight excluding hydrogens is 430 g/mol. The number of aliphatic hydroxyl groups excluding tert-OH is 1. The number of rotatable bonds is 7. The molecule has 0 amide bonds. The van der Waals surface area contributed by atoms with Crippen LogP contribution in [0.1, 0.15) is 84.5 Å². The molecule has 3 aromatic heterocycles. The molecule has 0 saturated heterocycles. The minimum atomic E-state index is -0.184. The van der Waals surface area contributed by atoms with Gasteiger partial charge in [-0.05, 0) is 30.9 Å². The quantitative estimate of drug-likeness (QED) is 0.427. The lowest BCUT2D eigenvalue weighted by Gasteiger charge is -2.08. The summed E-state index contributed by atoms with van der Waals surface area (Å²) in [4.78, 5) is 30.5. The van der Waals surface area contributed by atoms with E-state index in [1.165, 1.54) is 19.2 Å². The van der Waals surface area contributed by atoms with Gasteiger partial charge in [0.2, 0.25) is 0 Å². The van der Waals surface area contributed by atoms with Gasteiger partial charge in [-0.25, -0.2) is 15.0 Å². The van der Waals surface area contributed by atoms with Gasteiger partial charge in [0.1, 0.15) is 29.2 Å². The Morgan fingerprint density at radius 3 is 2.91 bits per heavy atom. The molecule has 0 radical (unpaired) electrons.